The van der Waals surface area contributed by atoms with E-state index in [1.165, 1.54) is 34.5 Å². The summed E-state index contributed by atoms with van der Waals surface area (Å²) in [6.07, 6.45) is 0.776. The summed E-state index contributed by atoms with van der Waals surface area (Å²) in [6, 6.07) is 29.7. The minimum absolute atomic E-state index is 0.00412. The number of ether oxygens (including phenoxy) is 1. The molecule has 0 saturated heterocycles. The van der Waals surface area contributed by atoms with Crippen LogP contribution in [0.5, 0.6) is 5.75 Å². The quantitative estimate of drug-likeness (QED) is 0.193. The highest BCUT2D eigenvalue weighted by atomic mass is 19.4. The monoisotopic (exact) mass is 667 g/mol. The summed E-state index contributed by atoms with van der Waals surface area (Å²) in [4.78, 5) is 34.9. The molecule has 49 heavy (non-hydrogen) atoms. The highest BCUT2D eigenvalue weighted by Crippen LogP contribution is 2.30. The van der Waals surface area contributed by atoms with Crippen LogP contribution in [0.2, 0.25) is 0 Å². The molecule has 0 aliphatic heterocycles. The standard InChI is InChI=1S/C13H10F3NO.C13H13NO2.C13H13NO/c1-9-5-6-12(18)17(8-9)11-4-2-3-10(7-11)13(14,15)16;1-10-3-8-13(15)14(9-10)11-4-6-12(16-2)7-5-11;1-10-3-6-12(7-4-10)14-9-11(2)5-8-13(14)15/h2-8H,1H3;3-9H,1-2H3;3-9H,1-2H3. The van der Waals surface area contributed by atoms with Gasteiger partial charge in [-0.1, -0.05) is 42.0 Å². The molecule has 3 aromatic heterocycles. The van der Waals surface area contributed by atoms with Gasteiger partial charge in [-0.15, -0.1) is 0 Å². The molecule has 0 aliphatic rings. The van der Waals surface area contributed by atoms with E-state index in [1.807, 2.05) is 93.8 Å². The van der Waals surface area contributed by atoms with Crippen molar-refractivity contribution in [2.75, 3.05) is 7.11 Å². The van der Waals surface area contributed by atoms with E-state index in [0.717, 1.165) is 45.9 Å². The molecule has 0 saturated carbocycles. The molecule has 0 amide bonds. The summed E-state index contributed by atoms with van der Waals surface area (Å²) < 4.78 is 47.3. The van der Waals surface area contributed by atoms with Gasteiger partial charge < -0.3 is 4.74 Å². The Hall–Kier alpha value is -5.90. The van der Waals surface area contributed by atoms with E-state index in [4.69, 9.17) is 4.74 Å². The molecule has 6 aromatic rings. The zero-order valence-corrected chi connectivity index (χ0v) is 27.7. The maximum atomic E-state index is 12.6. The van der Waals surface area contributed by atoms with Gasteiger partial charge in [0.2, 0.25) is 0 Å². The maximum Gasteiger partial charge on any atom is 0.416 e. The third kappa shape index (κ3) is 9.80. The van der Waals surface area contributed by atoms with Crippen LogP contribution in [0.25, 0.3) is 17.1 Å². The Kier molecular flexibility index (Phi) is 11.6. The molecule has 0 radical (unpaired) electrons. The fourth-order valence-corrected chi connectivity index (χ4v) is 4.67. The molecule has 0 unspecified atom stereocenters. The number of benzene rings is 3. The van der Waals surface area contributed by atoms with Gasteiger partial charge in [0, 0.05) is 53.9 Å². The molecule has 0 atom stereocenters. The lowest BCUT2D eigenvalue weighted by Crippen LogP contribution is -2.17. The Morgan fingerprint density at radius 3 is 1.29 bits per heavy atom. The van der Waals surface area contributed by atoms with Gasteiger partial charge in [0.05, 0.1) is 12.7 Å². The third-order valence-corrected chi connectivity index (χ3v) is 7.29. The van der Waals surface area contributed by atoms with Crippen LogP contribution in [0, 0.1) is 27.7 Å². The van der Waals surface area contributed by atoms with Crippen molar-refractivity contribution in [2.45, 2.75) is 33.9 Å². The van der Waals surface area contributed by atoms with Crippen LogP contribution in [-0.2, 0) is 6.18 Å². The number of rotatable bonds is 4. The molecule has 0 N–H and O–H groups in total. The van der Waals surface area contributed by atoms with E-state index < -0.39 is 11.7 Å². The summed E-state index contributed by atoms with van der Waals surface area (Å²) >= 11 is 0. The van der Waals surface area contributed by atoms with E-state index >= 15 is 0 Å². The van der Waals surface area contributed by atoms with Gasteiger partial charge in [0.1, 0.15) is 5.75 Å². The summed E-state index contributed by atoms with van der Waals surface area (Å²) in [6.45, 7) is 7.73. The molecular formula is C39H36F3N3O4. The van der Waals surface area contributed by atoms with E-state index in [9.17, 15) is 27.6 Å². The van der Waals surface area contributed by atoms with Crippen LogP contribution in [-0.4, -0.2) is 20.8 Å². The van der Waals surface area contributed by atoms with Crippen LogP contribution >= 0.6 is 0 Å². The zero-order valence-electron chi connectivity index (χ0n) is 27.7. The van der Waals surface area contributed by atoms with Crippen molar-refractivity contribution in [1.29, 1.82) is 0 Å². The second kappa shape index (κ2) is 15.8. The Morgan fingerprint density at radius 2 is 0.878 bits per heavy atom. The van der Waals surface area contributed by atoms with Crippen LogP contribution < -0.4 is 21.4 Å². The van der Waals surface area contributed by atoms with E-state index in [1.54, 1.807) is 41.4 Å². The number of aryl methyl sites for hydroxylation is 4. The fraction of sp³-hybridized carbons (Fsp3) is 0.154. The molecular weight excluding hydrogens is 631 g/mol. The van der Waals surface area contributed by atoms with Gasteiger partial charge in [-0.2, -0.15) is 13.2 Å². The first-order chi connectivity index (χ1) is 23.2. The number of hydrogen-bond acceptors (Lipinski definition) is 4. The number of aromatic nitrogens is 3. The summed E-state index contributed by atoms with van der Waals surface area (Å²) in [7, 11) is 1.62. The van der Waals surface area contributed by atoms with Crippen molar-refractivity contribution < 1.29 is 17.9 Å². The first-order valence-corrected chi connectivity index (χ1v) is 15.2. The van der Waals surface area contributed by atoms with Gasteiger partial charge in [0.15, 0.2) is 0 Å². The van der Waals surface area contributed by atoms with Gasteiger partial charge in [-0.05, 0) is 99.0 Å². The van der Waals surface area contributed by atoms with Crippen LogP contribution in [0.3, 0.4) is 0 Å². The predicted octanol–water partition coefficient (Wildman–Crippen LogP) is 7.77. The molecule has 7 nitrogen and oxygen atoms in total. The van der Waals surface area contributed by atoms with E-state index in [-0.39, 0.29) is 22.4 Å². The van der Waals surface area contributed by atoms with Crippen molar-refractivity contribution in [1.82, 2.24) is 13.7 Å². The lowest BCUT2D eigenvalue weighted by atomic mass is 10.2. The van der Waals surface area contributed by atoms with Gasteiger partial charge in [0.25, 0.3) is 16.7 Å². The third-order valence-electron chi connectivity index (χ3n) is 7.29. The summed E-state index contributed by atoms with van der Waals surface area (Å²) in [5.74, 6) is 0.782. The largest absolute Gasteiger partial charge is 0.497 e. The summed E-state index contributed by atoms with van der Waals surface area (Å²) in [5.41, 5.74) is 4.92. The van der Waals surface area contributed by atoms with Crippen molar-refractivity contribution in [3.63, 3.8) is 0 Å². The molecule has 0 aliphatic carbocycles. The van der Waals surface area contributed by atoms with Crippen molar-refractivity contribution in [2.24, 2.45) is 0 Å². The normalized spacial score (nSPS) is 10.7. The first-order valence-electron chi connectivity index (χ1n) is 15.2. The van der Waals surface area contributed by atoms with Crippen LogP contribution in [0.4, 0.5) is 13.2 Å². The fourth-order valence-electron chi connectivity index (χ4n) is 4.67. The van der Waals surface area contributed by atoms with Crippen molar-refractivity contribution >= 4 is 0 Å². The predicted molar refractivity (Wildman–Crippen MR) is 187 cm³/mol. The highest BCUT2D eigenvalue weighted by Gasteiger charge is 2.30. The number of halogens is 3. The molecule has 6 rings (SSSR count). The molecule has 3 aromatic carbocycles. The van der Waals surface area contributed by atoms with E-state index in [2.05, 4.69) is 0 Å². The first kappa shape index (κ1) is 35.9. The van der Waals surface area contributed by atoms with Gasteiger partial charge >= 0.3 is 6.18 Å². The molecule has 3 heterocycles. The molecule has 0 fully saturated rings. The van der Waals surface area contributed by atoms with Gasteiger partial charge in [-0.25, -0.2) is 0 Å². The average Bonchev–Trinajstić information content (AvgIpc) is 3.09. The van der Waals surface area contributed by atoms with Gasteiger partial charge in [-0.3, -0.25) is 28.1 Å². The summed E-state index contributed by atoms with van der Waals surface area (Å²) in [5, 5.41) is 0. The number of hydrogen-bond donors (Lipinski definition) is 0. The zero-order chi connectivity index (χ0) is 35.7. The molecule has 252 valence electrons. The minimum Gasteiger partial charge on any atom is -0.497 e. The highest BCUT2D eigenvalue weighted by molar-refractivity contribution is 5.39. The topological polar surface area (TPSA) is 75.2 Å². The smallest absolute Gasteiger partial charge is 0.416 e. The number of methoxy groups -OCH3 is 1. The Balaban J connectivity index is 0.000000166. The van der Waals surface area contributed by atoms with Crippen LogP contribution in [0.15, 0.2) is 142 Å². The second-order valence-corrected chi connectivity index (χ2v) is 11.3. The van der Waals surface area contributed by atoms with Crippen molar-refractivity contribution in [3.8, 4) is 22.8 Å². The lowest BCUT2D eigenvalue weighted by molar-refractivity contribution is -0.137. The number of nitrogens with zero attached hydrogens (tertiary/aromatic N) is 3. The Bertz CT molecular complexity index is 2200. The Labute approximate surface area is 281 Å². The second-order valence-electron chi connectivity index (χ2n) is 11.3. The number of pyridine rings is 3. The Morgan fingerprint density at radius 1 is 0.490 bits per heavy atom. The van der Waals surface area contributed by atoms with Crippen LogP contribution in [0.1, 0.15) is 27.8 Å². The minimum atomic E-state index is -4.41. The number of alkyl halides is 3. The molecule has 0 spiro atoms. The average molecular weight is 668 g/mol. The van der Waals surface area contributed by atoms with Crippen molar-refractivity contribution in [3.05, 3.63) is 187 Å². The van der Waals surface area contributed by atoms with E-state index in [0.29, 0.717) is 0 Å². The SMILES string of the molecule is COc1ccc(-n2cc(C)ccc2=O)cc1.Cc1ccc(-n2cc(C)ccc2=O)cc1.Cc1ccc(=O)n(-c2cccc(C(F)(F)F)c2)c1. The lowest BCUT2D eigenvalue weighted by Gasteiger charge is -2.10. The molecule has 0 bridgehead atoms. The molecule has 10 heteroatoms. The maximum absolute atomic E-state index is 12.6.